The summed E-state index contributed by atoms with van der Waals surface area (Å²) in [6.07, 6.45) is -1.38. The normalized spacial score (nSPS) is 11.0. The Balaban J connectivity index is 2.13. The number of hydrogen-bond donors (Lipinski definition) is 0. The van der Waals surface area contributed by atoms with Crippen LogP contribution < -0.4 is 9.47 Å². The molecule has 1 heterocycles. The minimum absolute atomic E-state index is 0.194. The molecule has 0 fully saturated rings. The van der Waals surface area contributed by atoms with Crippen LogP contribution in [0.5, 0.6) is 17.5 Å². The monoisotopic (exact) mass is 298 g/mol. The largest absolute Gasteiger partial charge is 0.464 e. The fourth-order valence-electron chi connectivity index (χ4n) is 1.36. The van der Waals surface area contributed by atoms with E-state index >= 15 is 0 Å². The van der Waals surface area contributed by atoms with Crippen LogP contribution in [0.25, 0.3) is 0 Å². The summed E-state index contributed by atoms with van der Waals surface area (Å²) >= 11 is 0. The van der Waals surface area contributed by atoms with Crippen LogP contribution in [0.2, 0.25) is 0 Å². The fourth-order valence-corrected chi connectivity index (χ4v) is 1.36. The van der Waals surface area contributed by atoms with Gasteiger partial charge in [0.05, 0.1) is 0 Å². The predicted octanol–water partition coefficient (Wildman–Crippen LogP) is 3.02. The number of ether oxygens (including phenoxy) is 2. The molecular weight excluding hydrogens is 289 g/mol. The molecule has 21 heavy (non-hydrogen) atoms. The van der Waals surface area contributed by atoms with E-state index in [4.69, 9.17) is 4.74 Å². The van der Waals surface area contributed by atoms with Crippen molar-refractivity contribution in [2.24, 2.45) is 0 Å². The fraction of sp³-hybridized carbons (Fsp3) is 0.154. The van der Waals surface area contributed by atoms with Gasteiger partial charge >= 0.3 is 6.18 Å². The molecule has 110 valence electrons. The lowest BCUT2D eigenvalue weighted by Crippen LogP contribution is -2.20. The average Bonchev–Trinajstić information content (AvgIpc) is 2.46. The molecule has 1 aromatic carbocycles. The first kappa shape index (κ1) is 14.8. The van der Waals surface area contributed by atoms with Crippen LogP contribution in [0.4, 0.5) is 13.2 Å². The molecule has 0 aliphatic carbocycles. The minimum atomic E-state index is -4.49. The Morgan fingerprint density at radius 2 is 1.67 bits per heavy atom. The van der Waals surface area contributed by atoms with Crippen molar-refractivity contribution in [2.75, 3.05) is 6.61 Å². The van der Waals surface area contributed by atoms with Crippen LogP contribution in [0, 0.1) is 0 Å². The quantitative estimate of drug-likeness (QED) is 0.794. The highest BCUT2D eigenvalue weighted by molar-refractivity contribution is 5.74. The number of nitrogens with zero attached hydrogens (tertiary/aromatic N) is 2. The van der Waals surface area contributed by atoms with Crippen molar-refractivity contribution >= 4 is 6.29 Å². The molecule has 0 saturated heterocycles. The van der Waals surface area contributed by atoms with Gasteiger partial charge in [0.15, 0.2) is 6.61 Å². The third-order valence-corrected chi connectivity index (χ3v) is 2.24. The summed E-state index contributed by atoms with van der Waals surface area (Å²) in [5, 5.41) is 0. The third kappa shape index (κ3) is 4.44. The van der Waals surface area contributed by atoms with E-state index in [1.54, 1.807) is 0 Å². The lowest BCUT2D eigenvalue weighted by molar-refractivity contribution is -0.154. The number of carbonyl (C=O) groups excluding carboxylic acids is 1. The van der Waals surface area contributed by atoms with Gasteiger partial charge in [-0.15, -0.1) is 0 Å². The van der Waals surface area contributed by atoms with Crippen LogP contribution >= 0.6 is 0 Å². The van der Waals surface area contributed by atoms with Crippen molar-refractivity contribution in [3.63, 3.8) is 0 Å². The average molecular weight is 298 g/mol. The molecule has 2 rings (SSSR count). The second-order valence-electron chi connectivity index (χ2n) is 3.86. The van der Waals surface area contributed by atoms with Gasteiger partial charge in [0.2, 0.25) is 0 Å². The number of hydrogen-bond acceptors (Lipinski definition) is 5. The molecule has 0 bridgehead atoms. The van der Waals surface area contributed by atoms with Gasteiger partial charge in [-0.3, -0.25) is 4.79 Å². The summed E-state index contributed by atoms with van der Waals surface area (Å²) in [6.45, 7) is -1.49. The topological polar surface area (TPSA) is 61.3 Å². The Morgan fingerprint density at radius 1 is 1.05 bits per heavy atom. The molecule has 0 spiro atoms. The Bertz CT molecular complexity index is 615. The van der Waals surface area contributed by atoms with Crippen molar-refractivity contribution in [2.45, 2.75) is 6.18 Å². The van der Waals surface area contributed by atoms with Crippen LogP contribution in [0.15, 0.2) is 36.7 Å². The van der Waals surface area contributed by atoms with Crippen LogP contribution in [-0.2, 0) is 0 Å². The van der Waals surface area contributed by atoms with E-state index in [0.29, 0.717) is 11.8 Å². The zero-order valence-electron chi connectivity index (χ0n) is 10.5. The Labute approximate surface area is 117 Å². The highest BCUT2D eigenvalue weighted by Crippen LogP contribution is 2.28. The maximum Gasteiger partial charge on any atom is 0.422 e. The summed E-state index contributed by atoms with van der Waals surface area (Å²) in [7, 11) is 0. The number of aldehydes is 1. The van der Waals surface area contributed by atoms with Crippen molar-refractivity contribution in [1.82, 2.24) is 9.97 Å². The first-order chi connectivity index (χ1) is 9.98. The highest BCUT2D eigenvalue weighted by atomic mass is 19.4. The lowest BCUT2D eigenvalue weighted by Gasteiger charge is -2.11. The molecule has 0 amide bonds. The summed E-state index contributed by atoms with van der Waals surface area (Å²) in [6, 6.07) is 5.95. The molecule has 0 saturated carbocycles. The second-order valence-corrected chi connectivity index (χ2v) is 3.86. The van der Waals surface area contributed by atoms with Gasteiger partial charge in [-0.2, -0.15) is 13.2 Å². The third-order valence-electron chi connectivity index (χ3n) is 2.24. The van der Waals surface area contributed by atoms with Crippen molar-refractivity contribution in [1.29, 1.82) is 0 Å². The van der Waals surface area contributed by atoms with Crippen LogP contribution in [0.1, 0.15) is 10.4 Å². The van der Waals surface area contributed by atoms with Gasteiger partial charge in [0.25, 0.3) is 11.8 Å². The number of benzene rings is 1. The van der Waals surface area contributed by atoms with Gasteiger partial charge in [-0.1, -0.05) is 0 Å². The van der Waals surface area contributed by atoms with E-state index in [1.165, 1.54) is 36.7 Å². The summed E-state index contributed by atoms with van der Waals surface area (Å²) in [5.74, 6) is -0.271. The first-order valence-corrected chi connectivity index (χ1v) is 5.71. The van der Waals surface area contributed by atoms with Gasteiger partial charge < -0.3 is 9.47 Å². The molecule has 0 unspecified atom stereocenters. The molecule has 5 nitrogen and oxygen atoms in total. The van der Waals surface area contributed by atoms with Crippen molar-refractivity contribution in [3.8, 4) is 17.5 Å². The maximum absolute atomic E-state index is 12.1. The summed E-state index contributed by atoms with van der Waals surface area (Å²) < 4.78 is 46.2. The zero-order valence-corrected chi connectivity index (χ0v) is 10.5. The standard InChI is InChI=1S/C13H9F3N2O3/c14-13(15,16)8-20-11-12(18-6-5-17-11)21-10-3-1-9(7-19)2-4-10/h1-7H,8H2. The number of carbonyl (C=O) groups is 1. The zero-order chi connectivity index (χ0) is 15.3. The smallest absolute Gasteiger partial charge is 0.422 e. The van der Waals surface area contributed by atoms with E-state index < -0.39 is 12.8 Å². The van der Waals surface area contributed by atoms with Crippen LogP contribution in [-0.4, -0.2) is 29.0 Å². The van der Waals surface area contributed by atoms with Gasteiger partial charge in [0.1, 0.15) is 12.0 Å². The molecule has 8 heteroatoms. The van der Waals surface area contributed by atoms with Crippen molar-refractivity contribution in [3.05, 3.63) is 42.2 Å². The molecular formula is C13H9F3N2O3. The first-order valence-electron chi connectivity index (χ1n) is 5.71. The number of rotatable bonds is 5. The van der Waals surface area contributed by atoms with Gasteiger partial charge in [-0.25, -0.2) is 9.97 Å². The number of aromatic nitrogens is 2. The van der Waals surface area contributed by atoms with E-state index in [9.17, 15) is 18.0 Å². The Kier molecular flexibility index (Phi) is 4.36. The van der Waals surface area contributed by atoms with Gasteiger partial charge in [0, 0.05) is 18.0 Å². The highest BCUT2D eigenvalue weighted by Gasteiger charge is 2.29. The van der Waals surface area contributed by atoms with Crippen LogP contribution in [0.3, 0.4) is 0 Å². The predicted molar refractivity (Wildman–Crippen MR) is 65.5 cm³/mol. The summed E-state index contributed by atoms with van der Waals surface area (Å²) in [4.78, 5) is 17.9. The Morgan fingerprint density at radius 3 is 2.24 bits per heavy atom. The molecule has 1 aromatic heterocycles. The summed E-state index contributed by atoms with van der Waals surface area (Å²) in [5.41, 5.74) is 0.440. The minimum Gasteiger partial charge on any atom is -0.464 e. The van der Waals surface area contributed by atoms with E-state index in [1.807, 2.05) is 0 Å². The van der Waals surface area contributed by atoms with E-state index in [2.05, 4.69) is 14.7 Å². The molecule has 0 radical (unpaired) electrons. The molecule has 0 aliphatic rings. The lowest BCUT2D eigenvalue weighted by atomic mass is 10.2. The molecule has 0 atom stereocenters. The molecule has 0 aliphatic heterocycles. The van der Waals surface area contributed by atoms with Crippen molar-refractivity contribution < 1.29 is 27.4 Å². The van der Waals surface area contributed by atoms with E-state index in [-0.39, 0.29) is 17.5 Å². The van der Waals surface area contributed by atoms with Gasteiger partial charge in [-0.05, 0) is 24.3 Å². The second kappa shape index (κ2) is 6.21. The Hall–Kier alpha value is -2.64. The van der Waals surface area contributed by atoms with E-state index in [0.717, 1.165) is 0 Å². The molecule has 2 aromatic rings. The number of alkyl halides is 3. The molecule has 0 N–H and O–H groups in total. The number of halogens is 3. The SMILES string of the molecule is O=Cc1ccc(Oc2nccnc2OCC(F)(F)F)cc1. The maximum atomic E-state index is 12.1.